The molecule has 0 amide bonds. The molecule has 1 saturated heterocycles. The standard InChI is InChI=1S/C13H20N6O2/c1-3-5-11(20-4-2)12-15-13(21-17-12)10-8-19(18-16-10)9-6-14-7-9/h8-9,11,14H,3-7H2,1-2H3. The van der Waals surface area contributed by atoms with Crippen LogP contribution in [0.25, 0.3) is 11.6 Å². The van der Waals surface area contributed by atoms with Gasteiger partial charge in [0.15, 0.2) is 5.69 Å². The molecular formula is C13H20N6O2. The van der Waals surface area contributed by atoms with Crippen LogP contribution < -0.4 is 5.32 Å². The summed E-state index contributed by atoms with van der Waals surface area (Å²) in [5, 5.41) is 15.4. The Labute approximate surface area is 122 Å². The lowest BCUT2D eigenvalue weighted by Gasteiger charge is -2.26. The molecule has 0 radical (unpaired) electrons. The van der Waals surface area contributed by atoms with Crippen molar-refractivity contribution in [3.8, 4) is 11.6 Å². The van der Waals surface area contributed by atoms with E-state index in [1.165, 1.54) is 0 Å². The SMILES string of the molecule is CCCC(OCC)c1noc(-c2cn(C3CNC3)nn2)n1. The van der Waals surface area contributed by atoms with Crippen molar-refractivity contribution < 1.29 is 9.26 Å². The highest BCUT2D eigenvalue weighted by molar-refractivity contribution is 5.43. The average molecular weight is 292 g/mol. The number of nitrogens with one attached hydrogen (secondary N) is 1. The summed E-state index contributed by atoms with van der Waals surface area (Å²) in [5.74, 6) is 0.970. The normalized spacial score (nSPS) is 16.9. The van der Waals surface area contributed by atoms with Crippen molar-refractivity contribution in [2.75, 3.05) is 19.7 Å². The minimum Gasteiger partial charge on any atom is -0.370 e. The second kappa shape index (κ2) is 6.31. The zero-order valence-electron chi connectivity index (χ0n) is 12.3. The van der Waals surface area contributed by atoms with Crippen molar-refractivity contribution in [1.29, 1.82) is 0 Å². The lowest BCUT2D eigenvalue weighted by atomic mass is 10.2. The van der Waals surface area contributed by atoms with Gasteiger partial charge in [0.2, 0.25) is 5.82 Å². The van der Waals surface area contributed by atoms with Crippen molar-refractivity contribution in [1.82, 2.24) is 30.5 Å². The number of hydrogen-bond donors (Lipinski definition) is 1. The number of rotatable bonds is 7. The fraction of sp³-hybridized carbons (Fsp3) is 0.692. The smallest absolute Gasteiger partial charge is 0.280 e. The van der Waals surface area contributed by atoms with Crippen molar-refractivity contribution in [2.24, 2.45) is 0 Å². The number of hydrogen-bond acceptors (Lipinski definition) is 7. The predicted molar refractivity (Wildman–Crippen MR) is 74.5 cm³/mol. The van der Waals surface area contributed by atoms with Crippen LogP contribution in [0.1, 0.15) is 44.7 Å². The summed E-state index contributed by atoms with van der Waals surface area (Å²) in [6, 6.07) is 0.366. The predicted octanol–water partition coefficient (Wildman–Crippen LogP) is 1.35. The van der Waals surface area contributed by atoms with E-state index in [0.717, 1.165) is 25.9 Å². The molecule has 0 spiro atoms. The molecule has 114 valence electrons. The fourth-order valence-corrected chi connectivity index (χ4v) is 2.23. The van der Waals surface area contributed by atoms with E-state index in [2.05, 4.69) is 32.7 Å². The number of nitrogens with zero attached hydrogens (tertiary/aromatic N) is 5. The van der Waals surface area contributed by atoms with Gasteiger partial charge in [-0.05, 0) is 13.3 Å². The quantitative estimate of drug-likeness (QED) is 0.823. The minimum atomic E-state index is -0.122. The summed E-state index contributed by atoms with van der Waals surface area (Å²) in [6.45, 7) is 6.52. The van der Waals surface area contributed by atoms with Crippen LogP contribution in [0.5, 0.6) is 0 Å². The third-order valence-electron chi connectivity index (χ3n) is 3.51. The first-order valence-electron chi connectivity index (χ1n) is 7.40. The lowest BCUT2D eigenvalue weighted by molar-refractivity contribution is 0.0478. The molecule has 0 aliphatic carbocycles. The molecule has 3 rings (SSSR count). The number of aromatic nitrogens is 5. The van der Waals surface area contributed by atoms with Gasteiger partial charge in [-0.2, -0.15) is 4.98 Å². The molecule has 3 heterocycles. The molecule has 1 aliphatic heterocycles. The molecule has 1 aliphatic rings. The Hall–Kier alpha value is -1.80. The molecule has 2 aromatic heterocycles. The van der Waals surface area contributed by atoms with E-state index in [1.54, 1.807) is 0 Å². The highest BCUT2D eigenvalue weighted by atomic mass is 16.5. The van der Waals surface area contributed by atoms with Crippen molar-refractivity contribution >= 4 is 0 Å². The summed E-state index contributed by atoms with van der Waals surface area (Å²) >= 11 is 0. The van der Waals surface area contributed by atoms with Crippen LogP contribution in [0.2, 0.25) is 0 Å². The van der Waals surface area contributed by atoms with Crippen molar-refractivity contribution in [3.63, 3.8) is 0 Å². The summed E-state index contributed by atoms with van der Waals surface area (Å²) in [6.07, 6.45) is 3.59. The van der Waals surface area contributed by atoms with E-state index in [1.807, 2.05) is 17.8 Å². The monoisotopic (exact) mass is 292 g/mol. The van der Waals surface area contributed by atoms with Gasteiger partial charge in [-0.3, -0.25) is 0 Å². The van der Waals surface area contributed by atoms with Gasteiger partial charge in [-0.1, -0.05) is 23.7 Å². The van der Waals surface area contributed by atoms with Gasteiger partial charge >= 0.3 is 0 Å². The van der Waals surface area contributed by atoms with Gasteiger partial charge in [-0.15, -0.1) is 5.10 Å². The van der Waals surface area contributed by atoms with E-state index in [9.17, 15) is 0 Å². The van der Waals surface area contributed by atoms with Crippen LogP contribution in [-0.2, 0) is 4.74 Å². The Kier molecular flexibility index (Phi) is 4.26. The summed E-state index contributed by atoms with van der Waals surface area (Å²) in [5.41, 5.74) is 0.604. The highest BCUT2D eigenvalue weighted by Crippen LogP contribution is 2.23. The van der Waals surface area contributed by atoms with Gasteiger partial charge in [0.05, 0.1) is 12.2 Å². The molecule has 1 N–H and O–H groups in total. The molecule has 1 fully saturated rings. The van der Waals surface area contributed by atoms with Gasteiger partial charge < -0.3 is 14.6 Å². The molecule has 21 heavy (non-hydrogen) atoms. The molecule has 0 bridgehead atoms. The van der Waals surface area contributed by atoms with Gasteiger partial charge in [-0.25, -0.2) is 4.68 Å². The number of ether oxygens (including phenoxy) is 1. The van der Waals surface area contributed by atoms with Crippen LogP contribution in [0.3, 0.4) is 0 Å². The van der Waals surface area contributed by atoms with E-state index >= 15 is 0 Å². The first kappa shape index (κ1) is 14.2. The lowest BCUT2D eigenvalue weighted by Crippen LogP contribution is -2.43. The second-order valence-electron chi connectivity index (χ2n) is 5.09. The maximum absolute atomic E-state index is 5.65. The van der Waals surface area contributed by atoms with Gasteiger partial charge in [0, 0.05) is 19.7 Å². The molecule has 8 nitrogen and oxygen atoms in total. The van der Waals surface area contributed by atoms with Crippen LogP contribution in [0, 0.1) is 0 Å². The Morgan fingerprint density at radius 2 is 2.33 bits per heavy atom. The molecule has 1 atom stereocenters. The zero-order valence-corrected chi connectivity index (χ0v) is 12.3. The first-order chi connectivity index (χ1) is 10.3. The molecule has 0 aromatic carbocycles. The van der Waals surface area contributed by atoms with E-state index in [4.69, 9.17) is 9.26 Å². The Morgan fingerprint density at radius 1 is 1.48 bits per heavy atom. The Balaban J connectivity index is 1.75. The summed E-state index contributed by atoms with van der Waals surface area (Å²) in [7, 11) is 0. The van der Waals surface area contributed by atoms with Crippen LogP contribution in [-0.4, -0.2) is 44.8 Å². The Bertz CT molecular complexity index is 571. The maximum atomic E-state index is 5.65. The van der Waals surface area contributed by atoms with E-state index in [-0.39, 0.29) is 6.10 Å². The largest absolute Gasteiger partial charge is 0.370 e. The van der Waals surface area contributed by atoms with Crippen molar-refractivity contribution in [2.45, 2.75) is 38.8 Å². The maximum Gasteiger partial charge on any atom is 0.280 e. The molecule has 0 saturated carbocycles. The third-order valence-corrected chi connectivity index (χ3v) is 3.51. The first-order valence-corrected chi connectivity index (χ1v) is 7.40. The van der Waals surface area contributed by atoms with Gasteiger partial charge in [0.1, 0.15) is 6.10 Å². The third kappa shape index (κ3) is 2.96. The average Bonchev–Trinajstić information content (AvgIpc) is 3.05. The molecular weight excluding hydrogens is 272 g/mol. The Morgan fingerprint density at radius 3 is 3.00 bits per heavy atom. The second-order valence-corrected chi connectivity index (χ2v) is 5.09. The summed E-state index contributed by atoms with van der Waals surface area (Å²) < 4.78 is 12.8. The molecule has 1 unspecified atom stereocenters. The zero-order chi connectivity index (χ0) is 14.7. The molecule has 2 aromatic rings. The van der Waals surface area contributed by atoms with Crippen molar-refractivity contribution in [3.05, 3.63) is 12.0 Å². The highest BCUT2D eigenvalue weighted by Gasteiger charge is 2.23. The van der Waals surface area contributed by atoms with Gasteiger partial charge in [0.25, 0.3) is 5.89 Å². The minimum absolute atomic E-state index is 0.122. The van der Waals surface area contributed by atoms with E-state index in [0.29, 0.717) is 30.1 Å². The molecule has 8 heteroatoms. The van der Waals surface area contributed by atoms with Crippen LogP contribution in [0.15, 0.2) is 10.7 Å². The van der Waals surface area contributed by atoms with E-state index < -0.39 is 0 Å². The fourth-order valence-electron chi connectivity index (χ4n) is 2.23. The topological polar surface area (TPSA) is 90.9 Å². The van der Waals surface area contributed by atoms with Crippen LogP contribution in [0.4, 0.5) is 0 Å². The summed E-state index contributed by atoms with van der Waals surface area (Å²) in [4.78, 5) is 4.40. The van der Waals surface area contributed by atoms with Crippen LogP contribution >= 0.6 is 0 Å².